The van der Waals surface area contributed by atoms with Gasteiger partial charge >= 0.3 is 44.1 Å². The number of carbonyl (C=O) groups excluding carboxylic acids is 6. The summed E-state index contributed by atoms with van der Waals surface area (Å²) in [6, 6.07) is 0. The van der Waals surface area contributed by atoms with Crippen LogP contribution in [0.3, 0.4) is 0 Å². The van der Waals surface area contributed by atoms with Crippen LogP contribution in [0.25, 0.3) is 0 Å². The van der Waals surface area contributed by atoms with Crippen LogP contribution >= 0.6 is 0 Å². The molecule has 0 saturated heterocycles. The van der Waals surface area contributed by atoms with E-state index in [2.05, 4.69) is 0 Å². The van der Waals surface area contributed by atoms with Gasteiger partial charge in [0.15, 0.2) is 0 Å². The standard InChI is InChI=1S/3C6H10O3.C3H7O.Ti/c3*1-3-5(4(2)7)6(8)9;1-3(2)4;/h3*5H,3H2,1-2H3,(H,8,9);3H,1-2H3;/q;;;-1;+4/p-3. The first-order valence-corrected chi connectivity index (χ1v) is 10.6. The van der Waals surface area contributed by atoms with E-state index in [4.69, 9.17) is 3.32 Å². The van der Waals surface area contributed by atoms with Crippen LogP contribution in [-0.2, 0) is 52.9 Å². The summed E-state index contributed by atoms with van der Waals surface area (Å²) in [6.07, 6.45) is 1.34. The molecule has 0 aromatic carbocycles. The maximum atomic E-state index is 10.4. The number of hydrogen-bond donors (Lipinski definition) is 0. The van der Waals surface area contributed by atoms with Gasteiger partial charge in [-0.2, -0.15) is 0 Å². The minimum atomic E-state index is -1.27. The number of hydrogen-bond acceptors (Lipinski definition) is 10. The minimum Gasteiger partial charge on any atom is -0.549 e. The second kappa shape index (κ2) is 22.3. The number of aliphatic carboxylic acids is 3. The van der Waals surface area contributed by atoms with Gasteiger partial charge in [0.1, 0.15) is 17.3 Å². The molecular formula is C21H34O10Ti. The zero-order chi connectivity index (χ0) is 26.6. The smallest absolute Gasteiger partial charge is 0.138 e. The predicted octanol–water partition coefficient (Wildman–Crippen LogP) is -1.07. The third-order valence-electron chi connectivity index (χ3n) is 3.79. The molecule has 0 heterocycles. The quantitative estimate of drug-likeness (QED) is 0.268. The van der Waals surface area contributed by atoms with Crippen molar-refractivity contribution in [2.45, 2.75) is 80.8 Å². The van der Waals surface area contributed by atoms with Crippen LogP contribution in [0.1, 0.15) is 74.7 Å². The Balaban J connectivity index is -0.000000167. The number of Topliss-reactive ketones (excluding diaryl/α,β-unsaturated/α-hetero) is 3. The molecular weight excluding hydrogens is 460 g/mol. The Morgan fingerprint density at radius 3 is 0.781 bits per heavy atom. The molecule has 182 valence electrons. The van der Waals surface area contributed by atoms with Crippen LogP contribution in [0.4, 0.5) is 0 Å². The van der Waals surface area contributed by atoms with E-state index in [1.807, 2.05) is 13.8 Å². The molecule has 0 aromatic rings. The van der Waals surface area contributed by atoms with Gasteiger partial charge in [0.2, 0.25) is 0 Å². The zero-order valence-electron chi connectivity index (χ0n) is 20.0. The molecule has 0 fully saturated rings. The Morgan fingerprint density at radius 2 is 0.781 bits per heavy atom. The third kappa shape index (κ3) is 22.8. The molecule has 3 atom stereocenters. The van der Waals surface area contributed by atoms with E-state index in [-0.39, 0.29) is 17.3 Å². The van der Waals surface area contributed by atoms with Gasteiger partial charge in [0.25, 0.3) is 0 Å². The number of carbonyl (C=O) groups is 6. The van der Waals surface area contributed by atoms with Crippen molar-refractivity contribution >= 4 is 35.3 Å². The van der Waals surface area contributed by atoms with Gasteiger partial charge in [-0.05, 0) is 40.0 Å². The molecule has 0 rings (SSSR count). The van der Waals surface area contributed by atoms with Crippen molar-refractivity contribution in [1.29, 1.82) is 0 Å². The van der Waals surface area contributed by atoms with E-state index >= 15 is 0 Å². The fourth-order valence-electron chi connectivity index (χ4n) is 1.86. The second-order valence-corrected chi connectivity index (χ2v) is 7.21. The molecule has 0 saturated carbocycles. The number of rotatable bonds is 10. The van der Waals surface area contributed by atoms with E-state index in [9.17, 15) is 44.1 Å². The van der Waals surface area contributed by atoms with Crippen LogP contribution in [0.2, 0.25) is 0 Å². The Kier molecular flexibility index (Phi) is 26.1. The molecule has 0 aliphatic heterocycles. The van der Waals surface area contributed by atoms with Gasteiger partial charge < -0.3 is 29.7 Å². The SMILES string of the molecule is CC(C)[O][Ti+3].CCC(C(C)=O)C(=O)[O-].CCC(C(C)=O)C(=O)[O-].CCC(C(C)=O)C(=O)[O-]. The molecule has 0 amide bonds. The van der Waals surface area contributed by atoms with Crippen LogP contribution in [0.5, 0.6) is 0 Å². The van der Waals surface area contributed by atoms with Crippen molar-refractivity contribution in [3.05, 3.63) is 0 Å². The van der Waals surface area contributed by atoms with Crippen molar-refractivity contribution in [1.82, 2.24) is 0 Å². The largest absolute Gasteiger partial charge is 0.549 e. The first-order chi connectivity index (χ1) is 14.5. The Bertz CT molecular complexity index is 483. The topological polar surface area (TPSA) is 181 Å². The molecule has 11 heteroatoms. The fourth-order valence-corrected chi connectivity index (χ4v) is 1.86. The molecule has 0 aromatic heterocycles. The summed E-state index contributed by atoms with van der Waals surface area (Å²) >= 11 is 1.70. The van der Waals surface area contributed by atoms with Crippen LogP contribution in [0, 0.1) is 17.8 Å². The molecule has 32 heavy (non-hydrogen) atoms. The van der Waals surface area contributed by atoms with Crippen LogP contribution < -0.4 is 15.3 Å². The zero-order valence-corrected chi connectivity index (χ0v) is 21.6. The van der Waals surface area contributed by atoms with E-state index in [1.165, 1.54) is 20.8 Å². The van der Waals surface area contributed by atoms with Crippen molar-refractivity contribution in [3.8, 4) is 0 Å². The summed E-state index contributed by atoms with van der Waals surface area (Å²) in [6.45, 7) is 12.7. The monoisotopic (exact) mass is 494 g/mol. The molecule has 0 aliphatic rings. The van der Waals surface area contributed by atoms with Gasteiger partial charge in [-0.15, -0.1) is 0 Å². The van der Waals surface area contributed by atoms with E-state index in [1.54, 1.807) is 41.6 Å². The Labute approximate surface area is 202 Å². The first kappa shape index (κ1) is 37.4. The van der Waals surface area contributed by atoms with Crippen LogP contribution in [-0.4, -0.2) is 41.4 Å². The maximum absolute atomic E-state index is 10.4. The number of ketones is 3. The average molecular weight is 494 g/mol. The third-order valence-corrected chi connectivity index (χ3v) is 4.52. The molecule has 0 aliphatic carbocycles. The second-order valence-electron chi connectivity index (χ2n) is 6.84. The Morgan fingerprint density at radius 1 is 0.625 bits per heavy atom. The van der Waals surface area contributed by atoms with E-state index in [0.29, 0.717) is 25.4 Å². The Hall–Kier alpha value is -1.91. The van der Waals surface area contributed by atoms with Crippen molar-refractivity contribution < 1.29 is 68.2 Å². The maximum Gasteiger partial charge on any atom is 0.138 e. The van der Waals surface area contributed by atoms with E-state index in [0.717, 1.165) is 0 Å². The molecule has 0 spiro atoms. The summed E-state index contributed by atoms with van der Waals surface area (Å²) in [5, 5.41) is 30.1. The summed E-state index contributed by atoms with van der Waals surface area (Å²) in [7, 11) is 0. The number of carboxylic acid groups (broad SMARTS) is 3. The van der Waals surface area contributed by atoms with Crippen molar-refractivity contribution in [3.63, 3.8) is 0 Å². The average Bonchev–Trinajstić information content (AvgIpc) is 2.62. The summed E-state index contributed by atoms with van der Waals surface area (Å²) in [5.74, 6) is -7.56. The molecule has 0 bridgehead atoms. The van der Waals surface area contributed by atoms with Gasteiger partial charge in [-0.3, -0.25) is 14.4 Å². The molecule has 10 nitrogen and oxygen atoms in total. The van der Waals surface area contributed by atoms with E-state index < -0.39 is 35.7 Å². The molecule has 3 unspecified atom stereocenters. The van der Waals surface area contributed by atoms with Crippen molar-refractivity contribution in [2.24, 2.45) is 17.8 Å². The molecule has 0 N–H and O–H groups in total. The number of carboxylic acids is 3. The summed E-state index contributed by atoms with van der Waals surface area (Å²) in [5.41, 5.74) is 0. The summed E-state index contributed by atoms with van der Waals surface area (Å²) < 4.78 is 4.75. The normalized spacial score (nSPS) is 12.2. The van der Waals surface area contributed by atoms with Gasteiger partial charge in [0, 0.05) is 0 Å². The van der Waals surface area contributed by atoms with Gasteiger partial charge in [-0.1, -0.05) is 20.8 Å². The van der Waals surface area contributed by atoms with Crippen molar-refractivity contribution in [2.75, 3.05) is 0 Å². The van der Waals surface area contributed by atoms with Gasteiger partial charge in [-0.25, -0.2) is 0 Å². The minimum absolute atomic E-state index is 0.317. The first-order valence-electron chi connectivity index (χ1n) is 10.0. The van der Waals surface area contributed by atoms with Gasteiger partial charge in [0.05, 0.1) is 35.7 Å². The van der Waals surface area contributed by atoms with Crippen LogP contribution in [0.15, 0.2) is 0 Å². The predicted molar refractivity (Wildman–Crippen MR) is 105 cm³/mol. The summed E-state index contributed by atoms with van der Waals surface area (Å²) in [4.78, 5) is 61.3. The fraction of sp³-hybridized carbons (Fsp3) is 0.714. The molecule has 0 radical (unpaired) electrons.